The van der Waals surface area contributed by atoms with E-state index in [0.29, 0.717) is 42.8 Å². The molecule has 0 bridgehead atoms. The second kappa shape index (κ2) is 10.9. The number of aromatic nitrogens is 2. The first-order valence-electron chi connectivity index (χ1n) is 11.2. The highest BCUT2D eigenvalue weighted by Crippen LogP contribution is 2.27. The van der Waals surface area contributed by atoms with Crippen LogP contribution < -0.4 is 10.1 Å². The largest absolute Gasteiger partial charge is 0.496 e. The number of likely N-dealkylation sites (tertiary alicyclic amines) is 1. The number of rotatable bonds is 9. The fourth-order valence-electron chi connectivity index (χ4n) is 4.21. The van der Waals surface area contributed by atoms with Crippen molar-refractivity contribution in [1.82, 2.24) is 20.4 Å². The third-order valence-electron chi connectivity index (χ3n) is 5.91. The second-order valence-electron chi connectivity index (χ2n) is 8.11. The lowest BCUT2D eigenvalue weighted by atomic mass is 9.91. The zero-order chi connectivity index (χ0) is 22.2. The zero-order valence-corrected chi connectivity index (χ0v) is 18.5. The summed E-state index contributed by atoms with van der Waals surface area (Å²) in [5.41, 5.74) is 2.18. The molecular formula is C25H30N4O3. The molecule has 1 aromatic heterocycles. The molecule has 0 radical (unpaired) electrons. The van der Waals surface area contributed by atoms with Crippen molar-refractivity contribution in [3.05, 3.63) is 66.1 Å². The molecule has 7 nitrogen and oxygen atoms in total. The number of ether oxygens (including phenoxy) is 1. The van der Waals surface area contributed by atoms with Crippen molar-refractivity contribution in [2.24, 2.45) is 0 Å². The van der Waals surface area contributed by atoms with Crippen molar-refractivity contribution in [1.29, 1.82) is 0 Å². The molecule has 1 saturated heterocycles. The average molecular weight is 435 g/mol. The Morgan fingerprint density at radius 2 is 2.00 bits per heavy atom. The van der Waals surface area contributed by atoms with Gasteiger partial charge in [-0.05, 0) is 43.0 Å². The average Bonchev–Trinajstić information content (AvgIpc) is 3.32. The Balaban J connectivity index is 1.19. The Morgan fingerprint density at radius 3 is 2.84 bits per heavy atom. The predicted molar refractivity (Wildman–Crippen MR) is 122 cm³/mol. The van der Waals surface area contributed by atoms with Crippen molar-refractivity contribution >= 4 is 5.91 Å². The Labute approximate surface area is 188 Å². The maximum atomic E-state index is 12.3. The van der Waals surface area contributed by atoms with E-state index < -0.39 is 0 Å². The fourth-order valence-corrected chi connectivity index (χ4v) is 4.21. The third-order valence-corrected chi connectivity index (χ3v) is 5.91. The van der Waals surface area contributed by atoms with Crippen LogP contribution in [0, 0.1) is 0 Å². The summed E-state index contributed by atoms with van der Waals surface area (Å²) in [6.45, 7) is 3.66. The summed E-state index contributed by atoms with van der Waals surface area (Å²) in [4.78, 5) is 19.1. The number of para-hydroxylation sites is 1. The van der Waals surface area contributed by atoms with E-state index in [9.17, 15) is 4.79 Å². The van der Waals surface area contributed by atoms with Gasteiger partial charge < -0.3 is 19.5 Å². The van der Waals surface area contributed by atoms with Gasteiger partial charge in [0, 0.05) is 32.5 Å². The normalized spacial score (nSPS) is 16.6. The summed E-state index contributed by atoms with van der Waals surface area (Å²) in [6, 6.07) is 18.2. The standard InChI is InChI=1S/C25H30N4O3/c1-31-22-12-6-5-11-21(22)25-27-24(32-28-25)14-13-23(30)26-15-17-29-16-7-10-20(18-29)19-8-3-2-4-9-19/h2-6,8-9,11-12,20H,7,10,13-18H2,1H3,(H,26,30)/t20-/m1/s1. The van der Waals surface area contributed by atoms with Crippen molar-refractivity contribution in [3.8, 4) is 17.1 Å². The Bertz CT molecular complexity index is 1010. The van der Waals surface area contributed by atoms with Gasteiger partial charge in [0.05, 0.1) is 12.7 Å². The molecule has 2 heterocycles. The number of nitrogens with one attached hydrogen (secondary N) is 1. The lowest BCUT2D eigenvalue weighted by molar-refractivity contribution is -0.121. The van der Waals surface area contributed by atoms with Crippen molar-refractivity contribution in [2.45, 2.75) is 31.6 Å². The molecule has 0 saturated carbocycles. The van der Waals surface area contributed by atoms with Crippen LogP contribution in [-0.2, 0) is 11.2 Å². The molecule has 1 atom stereocenters. The van der Waals surface area contributed by atoms with Gasteiger partial charge in [-0.25, -0.2) is 0 Å². The first kappa shape index (κ1) is 22.0. The van der Waals surface area contributed by atoms with Crippen LogP contribution in [0.1, 0.15) is 36.6 Å². The number of hydrogen-bond acceptors (Lipinski definition) is 6. The lowest BCUT2D eigenvalue weighted by Crippen LogP contribution is -2.40. The zero-order valence-electron chi connectivity index (χ0n) is 18.5. The molecule has 3 aromatic rings. The highest BCUT2D eigenvalue weighted by molar-refractivity contribution is 5.76. The van der Waals surface area contributed by atoms with E-state index in [1.54, 1.807) is 7.11 Å². The molecule has 32 heavy (non-hydrogen) atoms. The molecule has 4 rings (SSSR count). The topological polar surface area (TPSA) is 80.5 Å². The molecule has 2 aromatic carbocycles. The van der Waals surface area contributed by atoms with Gasteiger partial charge in [-0.1, -0.05) is 47.6 Å². The van der Waals surface area contributed by atoms with E-state index in [-0.39, 0.29) is 5.91 Å². The van der Waals surface area contributed by atoms with E-state index in [0.717, 1.165) is 25.2 Å². The highest BCUT2D eigenvalue weighted by atomic mass is 16.5. The van der Waals surface area contributed by atoms with Gasteiger partial charge in [-0.15, -0.1) is 0 Å². The van der Waals surface area contributed by atoms with Gasteiger partial charge in [-0.3, -0.25) is 4.79 Å². The van der Waals surface area contributed by atoms with E-state index in [1.165, 1.54) is 18.4 Å². The lowest BCUT2D eigenvalue weighted by Gasteiger charge is -2.33. The second-order valence-corrected chi connectivity index (χ2v) is 8.11. The first-order chi connectivity index (χ1) is 15.7. The minimum Gasteiger partial charge on any atom is -0.496 e. The maximum absolute atomic E-state index is 12.3. The van der Waals surface area contributed by atoms with Crippen LogP contribution in [0.2, 0.25) is 0 Å². The SMILES string of the molecule is COc1ccccc1-c1noc(CCC(=O)NCCN2CCC[C@@H](c3ccccc3)C2)n1. The first-order valence-corrected chi connectivity index (χ1v) is 11.2. The molecule has 168 valence electrons. The van der Waals surface area contributed by atoms with Crippen molar-refractivity contribution in [2.75, 3.05) is 33.3 Å². The predicted octanol–water partition coefficient (Wildman–Crippen LogP) is 3.67. The molecule has 7 heteroatoms. The van der Waals surface area contributed by atoms with Crippen LogP contribution in [0.4, 0.5) is 0 Å². The molecule has 0 spiro atoms. The van der Waals surface area contributed by atoms with Gasteiger partial charge >= 0.3 is 0 Å². The molecular weight excluding hydrogens is 404 g/mol. The van der Waals surface area contributed by atoms with E-state index in [1.807, 2.05) is 24.3 Å². The number of aryl methyl sites for hydroxylation is 1. The van der Waals surface area contributed by atoms with Crippen LogP contribution in [0.15, 0.2) is 59.1 Å². The van der Waals surface area contributed by atoms with Crippen LogP contribution in [0.3, 0.4) is 0 Å². The van der Waals surface area contributed by atoms with Crippen LogP contribution in [-0.4, -0.2) is 54.2 Å². The minimum absolute atomic E-state index is 0.00124. The van der Waals surface area contributed by atoms with Crippen LogP contribution in [0.25, 0.3) is 11.4 Å². The summed E-state index contributed by atoms with van der Waals surface area (Å²) in [7, 11) is 1.61. The molecule has 1 aliphatic rings. The van der Waals surface area contributed by atoms with Crippen LogP contribution >= 0.6 is 0 Å². The Morgan fingerprint density at radius 1 is 1.19 bits per heavy atom. The quantitative estimate of drug-likeness (QED) is 0.553. The number of benzene rings is 2. The number of methoxy groups -OCH3 is 1. The van der Waals surface area contributed by atoms with E-state index in [2.05, 4.69) is 50.7 Å². The summed E-state index contributed by atoms with van der Waals surface area (Å²) in [5.74, 6) is 2.18. The Kier molecular flexibility index (Phi) is 7.51. The molecule has 1 fully saturated rings. The van der Waals surface area contributed by atoms with Crippen molar-refractivity contribution in [3.63, 3.8) is 0 Å². The van der Waals surface area contributed by atoms with Gasteiger partial charge in [0.2, 0.25) is 17.6 Å². The Hall–Kier alpha value is -3.19. The molecule has 1 amide bonds. The minimum atomic E-state index is -0.00124. The molecule has 1 N–H and O–H groups in total. The number of hydrogen-bond donors (Lipinski definition) is 1. The number of carbonyl (C=O) groups is 1. The monoisotopic (exact) mass is 434 g/mol. The van der Waals surface area contributed by atoms with E-state index in [4.69, 9.17) is 9.26 Å². The van der Waals surface area contributed by atoms with Gasteiger partial charge in [-0.2, -0.15) is 4.98 Å². The third kappa shape index (κ3) is 5.73. The number of nitrogens with zero attached hydrogens (tertiary/aromatic N) is 3. The summed E-state index contributed by atoms with van der Waals surface area (Å²) in [6.07, 6.45) is 3.15. The fraction of sp³-hybridized carbons (Fsp3) is 0.400. The van der Waals surface area contributed by atoms with Gasteiger partial charge in [0.1, 0.15) is 5.75 Å². The van der Waals surface area contributed by atoms with Gasteiger partial charge in [0.15, 0.2) is 0 Å². The van der Waals surface area contributed by atoms with Gasteiger partial charge in [0.25, 0.3) is 0 Å². The maximum Gasteiger partial charge on any atom is 0.227 e. The smallest absolute Gasteiger partial charge is 0.227 e. The number of piperidine rings is 1. The highest BCUT2D eigenvalue weighted by Gasteiger charge is 2.21. The number of carbonyl (C=O) groups excluding carboxylic acids is 1. The summed E-state index contributed by atoms with van der Waals surface area (Å²) >= 11 is 0. The summed E-state index contributed by atoms with van der Waals surface area (Å²) < 4.78 is 10.7. The van der Waals surface area contributed by atoms with Crippen molar-refractivity contribution < 1.29 is 14.1 Å². The number of amides is 1. The summed E-state index contributed by atoms with van der Waals surface area (Å²) in [5, 5.41) is 7.04. The molecule has 1 aliphatic heterocycles. The van der Waals surface area contributed by atoms with Crippen LogP contribution in [0.5, 0.6) is 5.75 Å². The molecule has 0 aliphatic carbocycles. The van der Waals surface area contributed by atoms with E-state index >= 15 is 0 Å². The molecule has 0 unspecified atom stereocenters.